The van der Waals surface area contributed by atoms with E-state index in [-0.39, 0.29) is 0 Å². The summed E-state index contributed by atoms with van der Waals surface area (Å²) in [5, 5.41) is 0.949. The van der Waals surface area contributed by atoms with E-state index in [9.17, 15) is 0 Å². The molecule has 0 bridgehead atoms. The van der Waals surface area contributed by atoms with Crippen molar-refractivity contribution in [2.75, 3.05) is 5.75 Å². The quantitative estimate of drug-likeness (QED) is 0.449. The average molecular weight is 102 g/mol. The molecule has 2 atom stereocenters. The van der Waals surface area contributed by atoms with Gasteiger partial charge in [-0.3, -0.25) is 0 Å². The van der Waals surface area contributed by atoms with Crippen molar-refractivity contribution in [3.63, 3.8) is 0 Å². The minimum absolute atomic E-state index is 0.949. The first-order chi connectivity index (χ1) is 2.80. The van der Waals surface area contributed by atoms with Gasteiger partial charge in [0.1, 0.15) is 0 Å². The van der Waals surface area contributed by atoms with Crippen LogP contribution in [0.5, 0.6) is 0 Å². The van der Waals surface area contributed by atoms with Gasteiger partial charge in [-0.25, -0.2) is 0 Å². The zero-order valence-electron chi connectivity index (χ0n) is 4.27. The molecule has 0 aromatic carbocycles. The van der Waals surface area contributed by atoms with Crippen LogP contribution in [0.1, 0.15) is 13.8 Å². The Balaban J connectivity index is 2.20. The van der Waals surface area contributed by atoms with E-state index < -0.39 is 0 Å². The third-order valence-corrected chi connectivity index (χ3v) is 3.13. The summed E-state index contributed by atoms with van der Waals surface area (Å²) in [6, 6.07) is 0. The van der Waals surface area contributed by atoms with Crippen LogP contribution < -0.4 is 0 Å². The molecule has 1 heterocycles. The standard InChI is InChI=1S/C5H10S/c1-4-3-6-5(4)2/h4-5H,3H2,1-2H3/t4-,5+/m1/s1. The maximum atomic E-state index is 2.31. The molecule has 1 rings (SSSR count). The highest BCUT2D eigenvalue weighted by Gasteiger charge is 2.21. The molecule has 0 aromatic rings. The first-order valence-corrected chi connectivity index (χ1v) is 3.47. The fourth-order valence-corrected chi connectivity index (χ4v) is 1.44. The van der Waals surface area contributed by atoms with Crippen LogP contribution in [0, 0.1) is 5.92 Å². The van der Waals surface area contributed by atoms with Crippen molar-refractivity contribution in [1.29, 1.82) is 0 Å². The zero-order chi connectivity index (χ0) is 4.57. The molecular weight excluding hydrogens is 92.1 g/mol. The van der Waals surface area contributed by atoms with Crippen LogP contribution in [0.4, 0.5) is 0 Å². The van der Waals surface area contributed by atoms with Crippen LogP contribution in [0.25, 0.3) is 0 Å². The topological polar surface area (TPSA) is 0 Å². The summed E-state index contributed by atoms with van der Waals surface area (Å²) in [6.45, 7) is 4.60. The Morgan fingerprint density at radius 2 is 2.00 bits per heavy atom. The van der Waals surface area contributed by atoms with Gasteiger partial charge in [-0.15, -0.1) is 0 Å². The summed E-state index contributed by atoms with van der Waals surface area (Å²) >= 11 is 2.07. The van der Waals surface area contributed by atoms with Crippen molar-refractivity contribution in [2.45, 2.75) is 19.1 Å². The van der Waals surface area contributed by atoms with Crippen molar-refractivity contribution in [2.24, 2.45) is 5.92 Å². The van der Waals surface area contributed by atoms with E-state index >= 15 is 0 Å². The van der Waals surface area contributed by atoms with Crippen molar-refractivity contribution in [3.05, 3.63) is 0 Å². The van der Waals surface area contributed by atoms with Crippen LogP contribution in [-0.4, -0.2) is 11.0 Å². The van der Waals surface area contributed by atoms with Gasteiger partial charge in [-0.2, -0.15) is 11.8 Å². The molecule has 0 amide bonds. The molecule has 1 heteroatoms. The summed E-state index contributed by atoms with van der Waals surface area (Å²) in [5.74, 6) is 2.39. The minimum Gasteiger partial charge on any atom is -0.158 e. The lowest BCUT2D eigenvalue weighted by molar-refractivity contribution is 0.610. The Hall–Kier alpha value is 0.350. The third kappa shape index (κ3) is 0.558. The lowest BCUT2D eigenvalue weighted by atomic mass is 10.1. The predicted molar refractivity (Wildman–Crippen MR) is 31.1 cm³/mol. The Morgan fingerprint density at radius 3 is 2.00 bits per heavy atom. The molecule has 0 unspecified atom stereocenters. The molecule has 0 saturated carbocycles. The van der Waals surface area contributed by atoms with Crippen molar-refractivity contribution in [3.8, 4) is 0 Å². The van der Waals surface area contributed by atoms with Crippen LogP contribution in [0.15, 0.2) is 0 Å². The van der Waals surface area contributed by atoms with Gasteiger partial charge in [-0.05, 0) is 11.7 Å². The Labute approximate surface area is 43.3 Å². The summed E-state index contributed by atoms with van der Waals surface area (Å²) in [6.07, 6.45) is 0. The van der Waals surface area contributed by atoms with Gasteiger partial charge in [0.15, 0.2) is 0 Å². The van der Waals surface area contributed by atoms with E-state index in [0.29, 0.717) is 0 Å². The fourth-order valence-electron chi connectivity index (χ4n) is 0.481. The Morgan fingerprint density at radius 1 is 1.50 bits per heavy atom. The highest BCUT2D eigenvalue weighted by molar-refractivity contribution is 8.01. The largest absolute Gasteiger partial charge is 0.158 e. The van der Waals surface area contributed by atoms with E-state index in [4.69, 9.17) is 0 Å². The van der Waals surface area contributed by atoms with Gasteiger partial charge in [0, 0.05) is 5.25 Å². The molecule has 0 nitrogen and oxygen atoms in total. The first-order valence-electron chi connectivity index (χ1n) is 2.42. The molecule has 0 radical (unpaired) electrons. The molecule has 0 N–H and O–H groups in total. The SMILES string of the molecule is C[C@@H]1CS[C@H]1C. The normalized spacial score (nSPS) is 45.0. The van der Waals surface area contributed by atoms with E-state index in [1.807, 2.05) is 0 Å². The number of hydrogen-bond donors (Lipinski definition) is 0. The maximum absolute atomic E-state index is 2.31. The highest BCUT2D eigenvalue weighted by atomic mass is 32.2. The second kappa shape index (κ2) is 1.45. The molecule has 36 valence electrons. The van der Waals surface area contributed by atoms with Gasteiger partial charge in [0.2, 0.25) is 0 Å². The zero-order valence-corrected chi connectivity index (χ0v) is 5.09. The Bertz CT molecular complexity index is 43.9. The van der Waals surface area contributed by atoms with Gasteiger partial charge < -0.3 is 0 Å². The van der Waals surface area contributed by atoms with Crippen LogP contribution in [0.3, 0.4) is 0 Å². The second-order valence-corrected chi connectivity index (χ2v) is 3.43. The molecule has 1 fully saturated rings. The monoisotopic (exact) mass is 102 g/mol. The molecule has 1 saturated heterocycles. The van der Waals surface area contributed by atoms with Crippen LogP contribution >= 0.6 is 11.8 Å². The maximum Gasteiger partial charge on any atom is 0.00523 e. The molecule has 0 aliphatic carbocycles. The van der Waals surface area contributed by atoms with E-state index in [2.05, 4.69) is 25.6 Å². The highest BCUT2D eigenvalue weighted by Crippen LogP contribution is 2.32. The number of hydrogen-bond acceptors (Lipinski definition) is 1. The Kier molecular flexibility index (Phi) is 1.09. The lowest BCUT2D eigenvalue weighted by Gasteiger charge is -2.29. The van der Waals surface area contributed by atoms with Gasteiger partial charge in [0.25, 0.3) is 0 Å². The van der Waals surface area contributed by atoms with Gasteiger partial charge in [0.05, 0.1) is 0 Å². The van der Waals surface area contributed by atoms with Crippen molar-refractivity contribution in [1.82, 2.24) is 0 Å². The van der Waals surface area contributed by atoms with E-state index in [1.165, 1.54) is 5.75 Å². The molecule has 0 aromatic heterocycles. The third-order valence-electron chi connectivity index (χ3n) is 1.42. The van der Waals surface area contributed by atoms with Gasteiger partial charge >= 0.3 is 0 Å². The molecule has 0 spiro atoms. The van der Waals surface area contributed by atoms with Crippen molar-refractivity contribution >= 4 is 11.8 Å². The summed E-state index contributed by atoms with van der Waals surface area (Å²) in [7, 11) is 0. The average Bonchev–Trinajstić information content (AvgIpc) is 1.61. The molecule has 1 aliphatic rings. The van der Waals surface area contributed by atoms with Crippen LogP contribution in [-0.2, 0) is 0 Å². The summed E-state index contributed by atoms with van der Waals surface area (Å²) in [5.41, 5.74) is 0. The molecule has 1 aliphatic heterocycles. The number of thioether (sulfide) groups is 1. The lowest BCUT2D eigenvalue weighted by Crippen LogP contribution is -2.23. The van der Waals surface area contributed by atoms with Gasteiger partial charge in [-0.1, -0.05) is 13.8 Å². The first kappa shape index (κ1) is 4.51. The number of rotatable bonds is 0. The smallest absolute Gasteiger partial charge is 0.00523 e. The predicted octanol–water partition coefficient (Wildman–Crippen LogP) is 1.76. The van der Waals surface area contributed by atoms with Crippen LogP contribution in [0.2, 0.25) is 0 Å². The fraction of sp³-hybridized carbons (Fsp3) is 1.00. The van der Waals surface area contributed by atoms with E-state index in [0.717, 1.165) is 11.2 Å². The molecule has 6 heavy (non-hydrogen) atoms. The summed E-state index contributed by atoms with van der Waals surface area (Å²) in [4.78, 5) is 0. The molecular formula is C5H10S. The van der Waals surface area contributed by atoms with Crippen molar-refractivity contribution < 1.29 is 0 Å². The van der Waals surface area contributed by atoms with E-state index in [1.54, 1.807) is 0 Å². The minimum atomic E-state index is 0.949. The second-order valence-electron chi connectivity index (χ2n) is 2.02. The summed E-state index contributed by atoms with van der Waals surface area (Å²) < 4.78 is 0.